The summed E-state index contributed by atoms with van der Waals surface area (Å²) >= 11 is 0. The Morgan fingerprint density at radius 1 is 0.955 bits per heavy atom. The molecule has 0 saturated carbocycles. The number of benzene rings is 2. The quantitative estimate of drug-likeness (QED) is 0.865. The molecule has 2 aromatic carbocycles. The summed E-state index contributed by atoms with van der Waals surface area (Å²) in [6.45, 7) is 8.14. The predicted molar refractivity (Wildman–Crippen MR) is 88.2 cm³/mol. The number of carbonyl (C=O) groups is 1. The summed E-state index contributed by atoms with van der Waals surface area (Å²) in [5, 5.41) is 1.99. The van der Waals surface area contributed by atoms with Crippen molar-refractivity contribution in [1.82, 2.24) is 0 Å². The Bertz CT molecular complexity index is 739. The molecule has 114 valence electrons. The Labute approximate surface area is 130 Å². The van der Waals surface area contributed by atoms with Crippen LogP contribution in [0.15, 0.2) is 36.4 Å². The van der Waals surface area contributed by atoms with Gasteiger partial charge < -0.3 is 15.0 Å². The average Bonchev–Trinajstić information content (AvgIpc) is 2.66. The molecule has 1 aliphatic rings. The first-order chi connectivity index (χ1) is 10.2. The largest absolute Gasteiger partial charge is 0.494 e. The van der Waals surface area contributed by atoms with Crippen molar-refractivity contribution >= 4 is 29.3 Å². The van der Waals surface area contributed by atoms with Gasteiger partial charge in [-0.2, -0.15) is 0 Å². The Hall–Kier alpha value is -1.85. The molecule has 3 rings (SSSR count). The molecule has 1 saturated heterocycles. The van der Waals surface area contributed by atoms with Crippen molar-refractivity contribution in [3.05, 3.63) is 42.0 Å². The molecule has 5 heteroatoms. The smallest absolute Gasteiger partial charge is 0.399 e. The van der Waals surface area contributed by atoms with Crippen LogP contribution < -0.4 is 11.2 Å². The zero-order valence-electron chi connectivity index (χ0n) is 13.3. The molecule has 4 nitrogen and oxygen atoms in total. The second-order valence-corrected chi connectivity index (χ2v) is 6.77. The summed E-state index contributed by atoms with van der Waals surface area (Å²) in [6.07, 6.45) is 0. The van der Waals surface area contributed by atoms with Crippen molar-refractivity contribution < 1.29 is 14.1 Å². The van der Waals surface area contributed by atoms with E-state index in [-0.39, 0.29) is 18.3 Å². The number of amides is 1. The predicted octanol–water partition coefficient (Wildman–Crippen LogP) is 2.24. The van der Waals surface area contributed by atoms with E-state index in [1.807, 2.05) is 52.0 Å². The summed E-state index contributed by atoms with van der Waals surface area (Å²) < 4.78 is 12.1. The van der Waals surface area contributed by atoms with E-state index in [4.69, 9.17) is 15.0 Å². The zero-order valence-corrected chi connectivity index (χ0v) is 13.3. The van der Waals surface area contributed by atoms with Gasteiger partial charge in [-0.3, -0.25) is 4.79 Å². The number of carbonyl (C=O) groups excluding carboxylic acids is 1. The second kappa shape index (κ2) is 4.83. The van der Waals surface area contributed by atoms with Crippen LogP contribution in [-0.4, -0.2) is 24.2 Å². The lowest BCUT2D eigenvalue weighted by atomic mass is 9.78. The molecular formula is C17H20BNO3. The van der Waals surface area contributed by atoms with Crippen LogP contribution in [0.25, 0.3) is 10.8 Å². The van der Waals surface area contributed by atoms with Gasteiger partial charge in [0.1, 0.15) is 0 Å². The average molecular weight is 297 g/mol. The molecule has 2 aromatic rings. The molecule has 0 radical (unpaired) electrons. The van der Waals surface area contributed by atoms with Crippen LogP contribution in [0, 0.1) is 0 Å². The normalized spacial score (nSPS) is 19.5. The third kappa shape index (κ3) is 2.40. The van der Waals surface area contributed by atoms with Crippen molar-refractivity contribution in [1.29, 1.82) is 0 Å². The maximum atomic E-state index is 11.2. The topological polar surface area (TPSA) is 61.5 Å². The summed E-state index contributed by atoms with van der Waals surface area (Å²) in [7, 11) is -0.384. The van der Waals surface area contributed by atoms with Gasteiger partial charge >= 0.3 is 7.12 Å². The molecule has 0 spiro atoms. The van der Waals surface area contributed by atoms with E-state index in [9.17, 15) is 4.79 Å². The highest BCUT2D eigenvalue weighted by molar-refractivity contribution is 6.62. The summed E-state index contributed by atoms with van der Waals surface area (Å²) in [4.78, 5) is 11.2. The fourth-order valence-corrected chi connectivity index (χ4v) is 2.54. The maximum Gasteiger partial charge on any atom is 0.494 e. The van der Waals surface area contributed by atoms with Crippen LogP contribution in [0.1, 0.15) is 38.1 Å². The Morgan fingerprint density at radius 3 is 2.09 bits per heavy atom. The Kier molecular flexibility index (Phi) is 3.31. The summed E-state index contributed by atoms with van der Waals surface area (Å²) in [5.41, 5.74) is 6.08. The second-order valence-electron chi connectivity index (χ2n) is 6.77. The first kappa shape index (κ1) is 15.1. The Morgan fingerprint density at radius 2 is 1.50 bits per heavy atom. The van der Waals surface area contributed by atoms with Crippen molar-refractivity contribution in [2.24, 2.45) is 5.73 Å². The standard InChI is InChI=1S/C17H20BNO3/c1-16(2)17(3,4)22-18(21-16)14-8-7-11-9-13(15(19)20)6-5-12(11)10-14/h5-10H,1-4H3,(H2,19,20). The van der Waals surface area contributed by atoms with E-state index in [2.05, 4.69) is 0 Å². The van der Waals surface area contributed by atoms with E-state index >= 15 is 0 Å². The van der Waals surface area contributed by atoms with Gasteiger partial charge in [0.2, 0.25) is 5.91 Å². The number of hydrogen-bond donors (Lipinski definition) is 1. The lowest BCUT2D eigenvalue weighted by Gasteiger charge is -2.32. The molecule has 1 aliphatic heterocycles. The molecule has 0 bridgehead atoms. The van der Waals surface area contributed by atoms with Crippen LogP contribution in [0.4, 0.5) is 0 Å². The van der Waals surface area contributed by atoms with Gasteiger partial charge in [-0.1, -0.05) is 24.3 Å². The number of rotatable bonds is 2. The SMILES string of the molecule is CC1(C)OB(c2ccc3cc(C(N)=O)ccc3c2)OC1(C)C. The van der Waals surface area contributed by atoms with Crippen LogP contribution in [0.3, 0.4) is 0 Å². The monoisotopic (exact) mass is 297 g/mol. The molecule has 0 atom stereocenters. The third-order valence-corrected chi connectivity index (χ3v) is 4.67. The third-order valence-electron chi connectivity index (χ3n) is 4.67. The summed E-state index contributed by atoms with van der Waals surface area (Å²) in [5.74, 6) is -0.420. The number of nitrogens with two attached hydrogens (primary N) is 1. The van der Waals surface area contributed by atoms with Crippen molar-refractivity contribution in [2.45, 2.75) is 38.9 Å². The van der Waals surface area contributed by atoms with E-state index in [0.29, 0.717) is 5.56 Å². The maximum absolute atomic E-state index is 11.2. The molecule has 2 N–H and O–H groups in total. The van der Waals surface area contributed by atoms with Crippen molar-refractivity contribution in [3.63, 3.8) is 0 Å². The molecule has 1 fully saturated rings. The minimum absolute atomic E-state index is 0.359. The number of fused-ring (bicyclic) bond motifs is 1. The van der Waals surface area contributed by atoms with Gasteiger partial charge in [-0.05, 0) is 56.1 Å². The van der Waals surface area contributed by atoms with E-state index in [1.54, 1.807) is 12.1 Å². The molecule has 0 aromatic heterocycles. The highest BCUT2D eigenvalue weighted by Crippen LogP contribution is 2.36. The van der Waals surface area contributed by atoms with Crippen LogP contribution in [0.2, 0.25) is 0 Å². The van der Waals surface area contributed by atoms with Crippen LogP contribution >= 0.6 is 0 Å². The zero-order chi connectivity index (χ0) is 16.1. The highest BCUT2D eigenvalue weighted by Gasteiger charge is 2.51. The van der Waals surface area contributed by atoms with Gasteiger partial charge in [0, 0.05) is 5.56 Å². The van der Waals surface area contributed by atoms with Gasteiger partial charge in [0.25, 0.3) is 0 Å². The number of hydrogen-bond acceptors (Lipinski definition) is 3. The van der Waals surface area contributed by atoms with Crippen LogP contribution in [-0.2, 0) is 9.31 Å². The summed E-state index contributed by atoms with van der Waals surface area (Å²) in [6, 6.07) is 11.4. The highest BCUT2D eigenvalue weighted by atomic mass is 16.7. The lowest BCUT2D eigenvalue weighted by Crippen LogP contribution is -2.41. The number of primary amides is 1. The fourth-order valence-electron chi connectivity index (χ4n) is 2.54. The minimum atomic E-state index is -0.420. The molecular weight excluding hydrogens is 277 g/mol. The van der Waals surface area contributed by atoms with Gasteiger partial charge in [-0.25, -0.2) is 0 Å². The van der Waals surface area contributed by atoms with E-state index in [0.717, 1.165) is 16.2 Å². The molecule has 0 aliphatic carbocycles. The molecule has 1 amide bonds. The Balaban J connectivity index is 1.97. The molecule has 22 heavy (non-hydrogen) atoms. The van der Waals surface area contributed by atoms with Crippen molar-refractivity contribution in [3.8, 4) is 0 Å². The first-order valence-corrected chi connectivity index (χ1v) is 7.39. The van der Waals surface area contributed by atoms with E-state index in [1.165, 1.54) is 0 Å². The fraction of sp³-hybridized carbons (Fsp3) is 0.353. The minimum Gasteiger partial charge on any atom is -0.399 e. The molecule has 0 unspecified atom stereocenters. The lowest BCUT2D eigenvalue weighted by molar-refractivity contribution is 0.00578. The van der Waals surface area contributed by atoms with Gasteiger partial charge in [-0.15, -0.1) is 0 Å². The molecule has 1 heterocycles. The van der Waals surface area contributed by atoms with Crippen LogP contribution in [0.5, 0.6) is 0 Å². The van der Waals surface area contributed by atoms with Gasteiger partial charge in [0.15, 0.2) is 0 Å². The van der Waals surface area contributed by atoms with E-state index < -0.39 is 5.91 Å². The van der Waals surface area contributed by atoms with Crippen molar-refractivity contribution in [2.75, 3.05) is 0 Å². The van der Waals surface area contributed by atoms with Gasteiger partial charge in [0.05, 0.1) is 11.2 Å². The first-order valence-electron chi connectivity index (χ1n) is 7.39.